The van der Waals surface area contributed by atoms with E-state index in [4.69, 9.17) is 4.84 Å². The van der Waals surface area contributed by atoms with Crippen molar-refractivity contribution < 1.29 is 18.8 Å². The van der Waals surface area contributed by atoms with Gasteiger partial charge in [-0.2, -0.15) is 0 Å². The molecule has 142 valence electrons. The van der Waals surface area contributed by atoms with Crippen LogP contribution in [0, 0.1) is 11.2 Å². The third-order valence-corrected chi connectivity index (χ3v) is 4.06. The van der Waals surface area contributed by atoms with Crippen LogP contribution in [0.2, 0.25) is 0 Å². The first-order chi connectivity index (χ1) is 12.3. The zero-order valence-electron chi connectivity index (χ0n) is 15.5. The number of benzene rings is 1. The zero-order chi connectivity index (χ0) is 19.2. The Morgan fingerprint density at radius 1 is 1.19 bits per heavy atom. The second kappa shape index (κ2) is 8.78. The van der Waals surface area contributed by atoms with Crippen LogP contribution >= 0.6 is 0 Å². The topological polar surface area (TPSA) is 71.0 Å². The molecule has 26 heavy (non-hydrogen) atoms. The Kier molecular flexibility index (Phi) is 6.71. The number of rotatable bonds is 5. The first-order valence-corrected chi connectivity index (χ1v) is 8.74. The van der Waals surface area contributed by atoms with Gasteiger partial charge in [-0.15, -0.1) is 0 Å². The van der Waals surface area contributed by atoms with Gasteiger partial charge in [0.05, 0.1) is 5.71 Å². The van der Waals surface area contributed by atoms with Gasteiger partial charge >= 0.3 is 0 Å². The third-order valence-electron chi connectivity index (χ3n) is 4.06. The second-order valence-corrected chi connectivity index (χ2v) is 7.38. The lowest BCUT2D eigenvalue weighted by Gasteiger charge is -2.32. The van der Waals surface area contributed by atoms with E-state index in [0.29, 0.717) is 32.5 Å². The summed E-state index contributed by atoms with van der Waals surface area (Å²) in [7, 11) is 0. The monoisotopic (exact) mass is 363 g/mol. The molecule has 0 saturated carbocycles. The van der Waals surface area contributed by atoms with Crippen molar-refractivity contribution in [2.24, 2.45) is 10.6 Å². The molecule has 1 saturated heterocycles. The van der Waals surface area contributed by atoms with Gasteiger partial charge in [0.25, 0.3) is 5.91 Å². The standard InChI is InChI=1S/C19H26FN3O3/c1-19(2,3)18(25)23-10-8-16(9-11-23)22-26-13-17(24)21-12-14-4-6-15(20)7-5-14/h4-7H,8-13H2,1-3H3,(H,21,24). The minimum absolute atomic E-state index is 0.137. The summed E-state index contributed by atoms with van der Waals surface area (Å²) < 4.78 is 12.8. The summed E-state index contributed by atoms with van der Waals surface area (Å²) in [5.74, 6) is -0.467. The average molecular weight is 363 g/mol. The highest BCUT2D eigenvalue weighted by molar-refractivity contribution is 5.88. The molecule has 0 aromatic heterocycles. The number of hydrogen-bond donors (Lipinski definition) is 1. The van der Waals surface area contributed by atoms with Crippen LogP contribution in [0.4, 0.5) is 4.39 Å². The summed E-state index contributed by atoms with van der Waals surface area (Å²) in [5, 5.41) is 6.70. The van der Waals surface area contributed by atoms with Crippen molar-refractivity contribution in [1.29, 1.82) is 0 Å². The molecule has 0 spiro atoms. The Hall–Kier alpha value is -2.44. The summed E-state index contributed by atoms with van der Waals surface area (Å²) in [5.41, 5.74) is 1.28. The van der Waals surface area contributed by atoms with E-state index < -0.39 is 0 Å². The van der Waals surface area contributed by atoms with Gasteiger partial charge in [0.15, 0.2) is 6.61 Å². The molecule has 7 heteroatoms. The average Bonchev–Trinajstić information content (AvgIpc) is 2.60. The van der Waals surface area contributed by atoms with Crippen molar-refractivity contribution in [3.63, 3.8) is 0 Å². The van der Waals surface area contributed by atoms with E-state index in [9.17, 15) is 14.0 Å². The number of nitrogens with one attached hydrogen (secondary N) is 1. The highest BCUT2D eigenvalue weighted by atomic mass is 19.1. The fraction of sp³-hybridized carbons (Fsp3) is 0.526. The maximum absolute atomic E-state index is 12.8. The minimum atomic E-state index is -0.381. The van der Waals surface area contributed by atoms with E-state index in [1.165, 1.54) is 12.1 Å². The van der Waals surface area contributed by atoms with Crippen LogP contribution in [0.1, 0.15) is 39.2 Å². The van der Waals surface area contributed by atoms with E-state index in [1.807, 2.05) is 25.7 Å². The van der Waals surface area contributed by atoms with Crippen molar-refractivity contribution in [3.05, 3.63) is 35.6 Å². The van der Waals surface area contributed by atoms with Crippen LogP contribution in [0.5, 0.6) is 0 Å². The molecule has 6 nitrogen and oxygen atoms in total. The van der Waals surface area contributed by atoms with Crippen molar-refractivity contribution in [1.82, 2.24) is 10.2 Å². The van der Waals surface area contributed by atoms with Gasteiger partial charge in [0.2, 0.25) is 5.91 Å². The summed E-state index contributed by atoms with van der Waals surface area (Å²) in [4.78, 5) is 30.9. The summed E-state index contributed by atoms with van der Waals surface area (Å²) in [6.45, 7) is 7.11. The highest BCUT2D eigenvalue weighted by Gasteiger charge is 2.29. The molecule has 0 aliphatic carbocycles. The van der Waals surface area contributed by atoms with Crippen molar-refractivity contribution in [2.75, 3.05) is 19.7 Å². The minimum Gasteiger partial charge on any atom is -0.386 e. The fourth-order valence-electron chi connectivity index (χ4n) is 2.57. The van der Waals surface area contributed by atoms with E-state index in [2.05, 4.69) is 10.5 Å². The van der Waals surface area contributed by atoms with E-state index in [-0.39, 0.29) is 29.7 Å². The highest BCUT2D eigenvalue weighted by Crippen LogP contribution is 2.20. The molecule has 1 aromatic rings. The SMILES string of the molecule is CC(C)(C)C(=O)N1CCC(=NOCC(=O)NCc2ccc(F)cc2)CC1. The molecular formula is C19H26FN3O3. The Morgan fingerprint density at radius 2 is 1.81 bits per heavy atom. The predicted octanol–water partition coefficient (Wildman–Crippen LogP) is 2.48. The molecule has 1 aliphatic rings. The van der Waals surface area contributed by atoms with Gasteiger partial charge in [-0.1, -0.05) is 38.1 Å². The molecule has 0 atom stereocenters. The van der Waals surface area contributed by atoms with Gasteiger partial charge in [-0.25, -0.2) is 4.39 Å². The first-order valence-electron chi connectivity index (χ1n) is 8.74. The Bertz CT molecular complexity index is 656. The van der Waals surface area contributed by atoms with E-state index in [1.54, 1.807) is 12.1 Å². The second-order valence-electron chi connectivity index (χ2n) is 7.38. The van der Waals surface area contributed by atoms with Gasteiger partial charge in [-0.05, 0) is 17.7 Å². The quantitative estimate of drug-likeness (QED) is 0.817. The first kappa shape index (κ1) is 19.9. The lowest BCUT2D eigenvalue weighted by Crippen LogP contribution is -2.44. The molecule has 0 unspecified atom stereocenters. The molecule has 1 fully saturated rings. The summed E-state index contributed by atoms with van der Waals surface area (Å²) in [6.07, 6.45) is 1.30. The van der Waals surface area contributed by atoms with Crippen molar-refractivity contribution in [3.8, 4) is 0 Å². The number of amides is 2. The van der Waals surface area contributed by atoms with Crippen molar-refractivity contribution in [2.45, 2.75) is 40.2 Å². The number of carbonyl (C=O) groups excluding carboxylic acids is 2. The van der Waals surface area contributed by atoms with Crippen LogP contribution < -0.4 is 5.32 Å². The Labute approximate surface area is 153 Å². The van der Waals surface area contributed by atoms with Crippen LogP contribution in [0.15, 0.2) is 29.4 Å². The molecule has 1 N–H and O–H groups in total. The zero-order valence-corrected chi connectivity index (χ0v) is 15.5. The van der Waals surface area contributed by atoms with Crippen LogP contribution in [0.3, 0.4) is 0 Å². The number of carbonyl (C=O) groups is 2. The van der Waals surface area contributed by atoms with E-state index in [0.717, 1.165) is 11.3 Å². The number of nitrogens with zero attached hydrogens (tertiary/aromatic N) is 2. The number of likely N-dealkylation sites (tertiary alicyclic amines) is 1. The van der Waals surface area contributed by atoms with Gasteiger partial charge in [-0.3, -0.25) is 9.59 Å². The summed E-state index contributed by atoms with van der Waals surface area (Å²) in [6, 6.07) is 5.92. The molecule has 1 aromatic carbocycles. The number of oxime groups is 1. The van der Waals surface area contributed by atoms with Gasteiger partial charge < -0.3 is 15.1 Å². The lowest BCUT2D eigenvalue weighted by atomic mass is 9.93. The maximum atomic E-state index is 12.8. The third kappa shape index (κ3) is 6.13. The largest absolute Gasteiger partial charge is 0.386 e. The Balaban J connectivity index is 1.68. The Morgan fingerprint density at radius 3 is 2.38 bits per heavy atom. The molecule has 0 radical (unpaired) electrons. The predicted molar refractivity (Wildman–Crippen MR) is 96.9 cm³/mol. The molecule has 2 amide bonds. The molecule has 2 rings (SSSR count). The van der Waals surface area contributed by atoms with E-state index >= 15 is 0 Å². The smallest absolute Gasteiger partial charge is 0.261 e. The normalized spacial score (nSPS) is 14.8. The number of piperidine rings is 1. The lowest BCUT2D eigenvalue weighted by molar-refractivity contribution is -0.139. The molecule has 1 heterocycles. The molecule has 0 bridgehead atoms. The van der Waals surface area contributed by atoms with Crippen molar-refractivity contribution >= 4 is 17.5 Å². The van der Waals surface area contributed by atoms with Gasteiger partial charge in [0.1, 0.15) is 5.82 Å². The number of hydrogen-bond acceptors (Lipinski definition) is 4. The molecular weight excluding hydrogens is 337 g/mol. The van der Waals surface area contributed by atoms with Crippen LogP contribution in [0.25, 0.3) is 0 Å². The van der Waals surface area contributed by atoms with Gasteiger partial charge in [0, 0.05) is 37.9 Å². The fourth-order valence-corrected chi connectivity index (χ4v) is 2.57. The van der Waals surface area contributed by atoms with Crippen LogP contribution in [-0.2, 0) is 21.0 Å². The number of halogens is 1. The summed E-state index contributed by atoms with van der Waals surface area (Å²) >= 11 is 0. The van der Waals surface area contributed by atoms with Crippen LogP contribution in [-0.4, -0.2) is 42.1 Å². The maximum Gasteiger partial charge on any atom is 0.261 e. The molecule has 1 aliphatic heterocycles.